The van der Waals surface area contributed by atoms with E-state index in [0.717, 1.165) is 22.0 Å². The molecule has 1 aromatic carbocycles. The van der Waals surface area contributed by atoms with Crippen LogP contribution in [0.5, 0.6) is 0 Å². The molecule has 0 bridgehead atoms. The van der Waals surface area contributed by atoms with Gasteiger partial charge >= 0.3 is 0 Å². The third-order valence-corrected chi connectivity index (χ3v) is 2.88. The van der Waals surface area contributed by atoms with Crippen LogP contribution in [0, 0.1) is 0 Å². The highest BCUT2D eigenvalue weighted by atomic mass is 35.5. The van der Waals surface area contributed by atoms with Crippen LogP contribution in [0.3, 0.4) is 0 Å². The van der Waals surface area contributed by atoms with Gasteiger partial charge in [-0.05, 0) is 23.8 Å². The van der Waals surface area contributed by atoms with E-state index in [1.807, 2.05) is 30.3 Å². The lowest BCUT2D eigenvalue weighted by Crippen LogP contribution is -1.86. The highest BCUT2D eigenvalue weighted by molar-refractivity contribution is 6.32. The molecule has 0 amide bonds. The largest absolute Gasteiger partial charge is 0.256 e. The molecule has 3 rings (SSSR count). The van der Waals surface area contributed by atoms with E-state index in [1.165, 1.54) is 6.33 Å². The van der Waals surface area contributed by atoms with Gasteiger partial charge in [0, 0.05) is 23.3 Å². The van der Waals surface area contributed by atoms with Gasteiger partial charge in [0.1, 0.15) is 11.5 Å². The molecule has 0 atom stereocenters. The van der Waals surface area contributed by atoms with Gasteiger partial charge in [-0.3, -0.25) is 4.98 Å². The SMILES string of the molecule is Clc1ncncc1-c1ccc2ncccc2c1. The molecule has 0 saturated carbocycles. The normalized spacial score (nSPS) is 10.6. The second-order valence-electron chi connectivity index (χ2n) is 3.64. The molecule has 2 aromatic heterocycles. The van der Waals surface area contributed by atoms with Gasteiger partial charge in [-0.25, -0.2) is 9.97 Å². The van der Waals surface area contributed by atoms with Crippen LogP contribution in [0.2, 0.25) is 5.15 Å². The molecule has 0 saturated heterocycles. The highest BCUT2D eigenvalue weighted by Gasteiger charge is 2.05. The molecule has 2 heterocycles. The lowest BCUT2D eigenvalue weighted by molar-refractivity contribution is 1.17. The minimum atomic E-state index is 0.461. The average Bonchev–Trinajstić information content (AvgIpc) is 2.39. The summed E-state index contributed by atoms with van der Waals surface area (Å²) in [5.74, 6) is 0. The molecule has 0 unspecified atom stereocenters. The van der Waals surface area contributed by atoms with Gasteiger partial charge in [-0.15, -0.1) is 0 Å². The number of halogens is 1. The quantitative estimate of drug-likeness (QED) is 0.614. The first-order valence-corrected chi connectivity index (χ1v) is 5.53. The summed E-state index contributed by atoms with van der Waals surface area (Å²) in [7, 11) is 0. The van der Waals surface area contributed by atoms with Crippen molar-refractivity contribution in [3.8, 4) is 11.1 Å². The number of fused-ring (bicyclic) bond motifs is 1. The molecule has 3 aromatic rings. The standard InChI is InChI=1S/C13H8ClN3/c14-13-11(7-15-8-17-13)9-3-4-12-10(6-9)2-1-5-16-12/h1-8H. The first-order chi connectivity index (χ1) is 8.34. The van der Waals surface area contributed by atoms with Crippen molar-refractivity contribution in [1.29, 1.82) is 0 Å². The van der Waals surface area contributed by atoms with Crippen LogP contribution in [-0.4, -0.2) is 15.0 Å². The first kappa shape index (κ1) is 10.2. The fraction of sp³-hybridized carbons (Fsp3) is 0. The van der Waals surface area contributed by atoms with E-state index in [4.69, 9.17) is 11.6 Å². The number of nitrogens with zero attached hydrogens (tertiary/aromatic N) is 3. The van der Waals surface area contributed by atoms with Crippen molar-refractivity contribution >= 4 is 22.5 Å². The second-order valence-corrected chi connectivity index (χ2v) is 4.00. The molecule has 17 heavy (non-hydrogen) atoms. The van der Waals surface area contributed by atoms with Crippen LogP contribution in [-0.2, 0) is 0 Å². The fourth-order valence-electron chi connectivity index (χ4n) is 1.75. The van der Waals surface area contributed by atoms with Crippen LogP contribution in [0.4, 0.5) is 0 Å². The number of rotatable bonds is 1. The van der Waals surface area contributed by atoms with Gasteiger partial charge in [-0.2, -0.15) is 0 Å². The van der Waals surface area contributed by atoms with Crippen molar-refractivity contribution in [2.75, 3.05) is 0 Å². The van der Waals surface area contributed by atoms with Crippen LogP contribution >= 0.6 is 11.6 Å². The minimum absolute atomic E-state index is 0.461. The number of hydrogen-bond donors (Lipinski definition) is 0. The summed E-state index contributed by atoms with van der Waals surface area (Å²) in [5, 5.41) is 1.54. The summed E-state index contributed by atoms with van der Waals surface area (Å²) < 4.78 is 0. The Balaban J connectivity index is 2.22. The predicted molar refractivity (Wildman–Crippen MR) is 67.8 cm³/mol. The summed E-state index contributed by atoms with van der Waals surface area (Å²) in [4.78, 5) is 12.2. The second kappa shape index (κ2) is 4.11. The molecular weight excluding hydrogens is 234 g/mol. The zero-order valence-corrected chi connectivity index (χ0v) is 9.59. The van der Waals surface area contributed by atoms with Crippen LogP contribution < -0.4 is 0 Å². The number of benzene rings is 1. The predicted octanol–water partition coefficient (Wildman–Crippen LogP) is 3.35. The lowest BCUT2D eigenvalue weighted by atomic mass is 10.1. The Labute approximate surface area is 103 Å². The van der Waals surface area contributed by atoms with Crippen LogP contribution in [0.1, 0.15) is 0 Å². The lowest BCUT2D eigenvalue weighted by Gasteiger charge is -2.04. The van der Waals surface area contributed by atoms with Gasteiger partial charge in [-0.1, -0.05) is 23.7 Å². The molecule has 0 fully saturated rings. The van der Waals surface area contributed by atoms with Gasteiger partial charge < -0.3 is 0 Å². The Morgan fingerprint density at radius 3 is 2.88 bits per heavy atom. The zero-order chi connectivity index (χ0) is 11.7. The molecule has 0 radical (unpaired) electrons. The maximum Gasteiger partial charge on any atom is 0.140 e. The van der Waals surface area contributed by atoms with Crippen molar-refractivity contribution in [2.24, 2.45) is 0 Å². The number of aromatic nitrogens is 3. The molecule has 0 N–H and O–H groups in total. The van der Waals surface area contributed by atoms with Crippen molar-refractivity contribution in [3.63, 3.8) is 0 Å². The van der Waals surface area contributed by atoms with Crippen molar-refractivity contribution in [3.05, 3.63) is 54.2 Å². The van der Waals surface area contributed by atoms with E-state index in [-0.39, 0.29) is 0 Å². The third-order valence-electron chi connectivity index (χ3n) is 2.58. The molecule has 4 heteroatoms. The summed E-state index contributed by atoms with van der Waals surface area (Å²) in [6.07, 6.45) is 4.93. The van der Waals surface area contributed by atoms with Crippen LogP contribution in [0.25, 0.3) is 22.0 Å². The molecule has 0 aliphatic heterocycles. The Bertz CT molecular complexity index is 682. The maximum atomic E-state index is 6.04. The molecule has 82 valence electrons. The third kappa shape index (κ3) is 1.85. The number of pyridine rings is 1. The summed E-state index contributed by atoms with van der Waals surface area (Å²) >= 11 is 6.04. The van der Waals surface area contributed by atoms with Gasteiger partial charge in [0.2, 0.25) is 0 Å². The van der Waals surface area contributed by atoms with E-state index in [1.54, 1.807) is 12.4 Å². The Morgan fingerprint density at radius 2 is 2.00 bits per heavy atom. The zero-order valence-electron chi connectivity index (χ0n) is 8.84. The Hall–Kier alpha value is -2.00. The molecule has 0 aliphatic carbocycles. The highest BCUT2D eigenvalue weighted by Crippen LogP contribution is 2.27. The monoisotopic (exact) mass is 241 g/mol. The van der Waals surface area contributed by atoms with E-state index >= 15 is 0 Å². The summed E-state index contributed by atoms with van der Waals surface area (Å²) in [6, 6.07) is 9.90. The van der Waals surface area contributed by atoms with Crippen LogP contribution in [0.15, 0.2) is 49.1 Å². The van der Waals surface area contributed by atoms with Gasteiger partial charge in [0.15, 0.2) is 0 Å². The van der Waals surface area contributed by atoms with Crippen molar-refractivity contribution in [1.82, 2.24) is 15.0 Å². The van der Waals surface area contributed by atoms with E-state index in [2.05, 4.69) is 15.0 Å². The van der Waals surface area contributed by atoms with E-state index < -0.39 is 0 Å². The smallest absolute Gasteiger partial charge is 0.140 e. The minimum Gasteiger partial charge on any atom is -0.256 e. The Kier molecular flexibility index (Phi) is 2.46. The van der Waals surface area contributed by atoms with Gasteiger partial charge in [0.05, 0.1) is 5.52 Å². The number of hydrogen-bond acceptors (Lipinski definition) is 3. The maximum absolute atomic E-state index is 6.04. The van der Waals surface area contributed by atoms with E-state index in [9.17, 15) is 0 Å². The topological polar surface area (TPSA) is 38.7 Å². The summed E-state index contributed by atoms with van der Waals surface area (Å²) in [6.45, 7) is 0. The first-order valence-electron chi connectivity index (χ1n) is 5.15. The molecule has 3 nitrogen and oxygen atoms in total. The summed E-state index contributed by atoms with van der Waals surface area (Å²) in [5.41, 5.74) is 2.79. The van der Waals surface area contributed by atoms with Crippen molar-refractivity contribution < 1.29 is 0 Å². The fourth-order valence-corrected chi connectivity index (χ4v) is 1.95. The average molecular weight is 242 g/mol. The Morgan fingerprint density at radius 1 is 1.06 bits per heavy atom. The molecular formula is C13H8ClN3. The molecule has 0 aliphatic rings. The van der Waals surface area contributed by atoms with E-state index in [0.29, 0.717) is 5.15 Å². The molecule has 0 spiro atoms. The van der Waals surface area contributed by atoms with Gasteiger partial charge in [0.25, 0.3) is 0 Å². The van der Waals surface area contributed by atoms with Crippen molar-refractivity contribution in [2.45, 2.75) is 0 Å².